The zero-order valence-electron chi connectivity index (χ0n) is 16.3. The number of anilines is 3. The lowest BCUT2D eigenvalue weighted by Gasteiger charge is -2.19. The maximum atomic E-state index is 12.8. The second kappa shape index (κ2) is 7.34. The number of carbonyl (C=O) groups is 3. The number of para-hydroxylation sites is 1. The highest BCUT2D eigenvalue weighted by molar-refractivity contribution is 6.10. The molecule has 0 saturated heterocycles. The van der Waals surface area contributed by atoms with Crippen molar-refractivity contribution in [2.45, 2.75) is 26.2 Å². The van der Waals surface area contributed by atoms with Crippen molar-refractivity contribution in [3.8, 4) is 0 Å². The zero-order valence-corrected chi connectivity index (χ0v) is 16.3. The molecule has 0 aliphatic carbocycles. The van der Waals surface area contributed by atoms with Gasteiger partial charge in [0, 0.05) is 17.1 Å². The minimum atomic E-state index is -0.812. The Balaban J connectivity index is 1.82. The van der Waals surface area contributed by atoms with Crippen LogP contribution in [-0.2, 0) is 19.7 Å². The first-order chi connectivity index (χ1) is 13.2. The average molecular weight is 381 g/mol. The second-order valence-corrected chi connectivity index (χ2v) is 7.22. The molecule has 3 rings (SSSR count). The Morgan fingerprint density at radius 1 is 1.11 bits per heavy atom. The standard InChI is InChI=1S/C21H23N3O4/c1-13-7-5-6-8-16(13)23-20(27)22-14-9-10-17-15(11-14)21(2,3)19(26)24(17)12-18(25)28-4/h5-11H,12H2,1-4H3,(H2,22,23,27). The molecule has 2 N–H and O–H groups in total. The van der Waals surface area contributed by atoms with Gasteiger partial charge in [-0.3, -0.25) is 9.59 Å². The van der Waals surface area contributed by atoms with Crippen LogP contribution < -0.4 is 15.5 Å². The number of nitrogens with one attached hydrogen (secondary N) is 2. The molecule has 7 nitrogen and oxygen atoms in total. The number of carbonyl (C=O) groups excluding carboxylic acids is 3. The number of urea groups is 1. The van der Waals surface area contributed by atoms with E-state index in [1.807, 2.05) is 31.2 Å². The van der Waals surface area contributed by atoms with Gasteiger partial charge in [0.05, 0.1) is 12.5 Å². The van der Waals surface area contributed by atoms with Gasteiger partial charge in [-0.2, -0.15) is 0 Å². The first kappa shape index (κ1) is 19.4. The van der Waals surface area contributed by atoms with E-state index in [0.717, 1.165) is 16.8 Å². The predicted molar refractivity (Wildman–Crippen MR) is 108 cm³/mol. The van der Waals surface area contributed by atoms with Gasteiger partial charge in [-0.1, -0.05) is 18.2 Å². The number of hydrogen-bond donors (Lipinski definition) is 2. The van der Waals surface area contributed by atoms with Crippen LogP contribution in [0.2, 0.25) is 0 Å². The van der Waals surface area contributed by atoms with Crippen molar-refractivity contribution in [3.05, 3.63) is 53.6 Å². The molecule has 0 spiro atoms. The van der Waals surface area contributed by atoms with Gasteiger partial charge in [0.1, 0.15) is 6.54 Å². The summed E-state index contributed by atoms with van der Waals surface area (Å²) in [5, 5.41) is 5.61. The molecule has 1 heterocycles. The molecule has 0 unspecified atom stereocenters. The van der Waals surface area contributed by atoms with Crippen LogP contribution >= 0.6 is 0 Å². The molecule has 2 aromatic carbocycles. The quantitative estimate of drug-likeness (QED) is 0.794. The number of rotatable bonds is 4. The fourth-order valence-corrected chi connectivity index (χ4v) is 3.26. The summed E-state index contributed by atoms with van der Waals surface area (Å²) in [6, 6.07) is 12.3. The highest BCUT2D eigenvalue weighted by atomic mass is 16.5. The van der Waals surface area contributed by atoms with E-state index in [4.69, 9.17) is 0 Å². The van der Waals surface area contributed by atoms with Crippen LogP contribution in [0.3, 0.4) is 0 Å². The van der Waals surface area contributed by atoms with Crippen molar-refractivity contribution in [1.29, 1.82) is 0 Å². The molecule has 0 bridgehead atoms. The van der Waals surface area contributed by atoms with Gasteiger partial charge in [-0.15, -0.1) is 0 Å². The fourth-order valence-electron chi connectivity index (χ4n) is 3.26. The number of amides is 3. The third-order valence-corrected chi connectivity index (χ3v) is 4.91. The zero-order chi connectivity index (χ0) is 20.5. The Hall–Kier alpha value is -3.35. The first-order valence-corrected chi connectivity index (χ1v) is 8.91. The van der Waals surface area contributed by atoms with Crippen molar-refractivity contribution in [2.24, 2.45) is 0 Å². The molecule has 0 atom stereocenters. The van der Waals surface area contributed by atoms with E-state index >= 15 is 0 Å². The number of benzene rings is 2. The highest BCUT2D eigenvalue weighted by Gasteiger charge is 2.44. The predicted octanol–water partition coefficient (Wildman–Crippen LogP) is 3.44. The minimum Gasteiger partial charge on any atom is -0.468 e. The van der Waals surface area contributed by atoms with Crippen molar-refractivity contribution >= 4 is 35.0 Å². The molecule has 0 radical (unpaired) electrons. The van der Waals surface area contributed by atoms with E-state index in [0.29, 0.717) is 11.4 Å². The lowest BCUT2D eigenvalue weighted by atomic mass is 9.86. The van der Waals surface area contributed by atoms with Crippen molar-refractivity contribution in [3.63, 3.8) is 0 Å². The Bertz CT molecular complexity index is 952. The smallest absolute Gasteiger partial charge is 0.325 e. The lowest BCUT2D eigenvalue weighted by molar-refractivity contribution is -0.140. The van der Waals surface area contributed by atoms with Crippen molar-refractivity contribution in [1.82, 2.24) is 0 Å². The van der Waals surface area contributed by atoms with Gasteiger partial charge in [-0.05, 0) is 56.2 Å². The van der Waals surface area contributed by atoms with Crippen LogP contribution in [0.5, 0.6) is 0 Å². The maximum Gasteiger partial charge on any atom is 0.325 e. The fraction of sp³-hybridized carbons (Fsp3) is 0.286. The summed E-state index contributed by atoms with van der Waals surface area (Å²) < 4.78 is 4.69. The topological polar surface area (TPSA) is 87.7 Å². The molecule has 1 aliphatic heterocycles. The van der Waals surface area contributed by atoms with E-state index in [1.165, 1.54) is 12.0 Å². The van der Waals surface area contributed by atoms with Gasteiger partial charge in [0.15, 0.2) is 0 Å². The van der Waals surface area contributed by atoms with E-state index in [1.54, 1.807) is 32.0 Å². The first-order valence-electron chi connectivity index (χ1n) is 8.91. The summed E-state index contributed by atoms with van der Waals surface area (Å²) in [5.74, 6) is -0.675. The van der Waals surface area contributed by atoms with Crippen LogP contribution in [0.25, 0.3) is 0 Å². The number of methoxy groups -OCH3 is 1. The molecular weight excluding hydrogens is 358 g/mol. The van der Waals surface area contributed by atoms with Gasteiger partial charge < -0.3 is 20.3 Å². The highest BCUT2D eigenvalue weighted by Crippen LogP contribution is 2.42. The second-order valence-electron chi connectivity index (χ2n) is 7.22. The van der Waals surface area contributed by atoms with Crippen molar-refractivity contribution in [2.75, 3.05) is 29.2 Å². The molecule has 0 saturated carbocycles. The van der Waals surface area contributed by atoms with Crippen LogP contribution in [-0.4, -0.2) is 31.6 Å². The monoisotopic (exact) mass is 381 g/mol. The Labute approximate surface area is 163 Å². The van der Waals surface area contributed by atoms with Crippen LogP contribution in [0, 0.1) is 6.92 Å². The number of esters is 1. The minimum absolute atomic E-state index is 0.147. The van der Waals surface area contributed by atoms with Crippen LogP contribution in [0.4, 0.5) is 21.9 Å². The molecule has 2 aromatic rings. The third-order valence-electron chi connectivity index (χ3n) is 4.91. The number of hydrogen-bond acceptors (Lipinski definition) is 4. The summed E-state index contributed by atoms with van der Waals surface area (Å²) in [7, 11) is 1.29. The van der Waals surface area contributed by atoms with Crippen molar-refractivity contribution < 1.29 is 19.1 Å². The van der Waals surface area contributed by atoms with Crippen LogP contribution in [0.1, 0.15) is 25.0 Å². The van der Waals surface area contributed by atoms with Gasteiger partial charge >= 0.3 is 12.0 Å². The average Bonchev–Trinajstić information content (AvgIpc) is 2.84. The lowest BCUT2D eigenvalue weighted by Crippen LogP contribution is -2.39. The normalized spacial score (nSPS) is 14.4. The van der Waals surface area contributed by atoms with Gasteiger partial charge in [0.2, 0.25) is 5.91 Å². The summed E-state index contributed by atoms with van der Waals surface area (Å²) in [6.07, 6.45) is 0. The SMILES string of the molecule is COC(=O)CN1C(=O)C(C)(C)c2cc(NC(=O)Nc3ccccc3C)ccc21. The molecule has 3 amide bonds. The largest absolute Gasteiger partial charge is 0.468 e. The number of fused-ring (bicyclic) bond motifs is 1. The summed E-state index contributed by atoms with van der Waals surface area (Å²) in [4.78, 5) is 38.2. The van der Waals surface area contributed by atoms with Crippen LogP contribution in [0.15, 0.2) is 42.5 Å². The number of nitrogens with zero attached hydrogens (tertiary/aromatic N) is 1. The van der Waals surface area contributed by atoms with Gasteiger partial charge in [-0.25, -0.2) is 4.79 Å². The number of aryl methyl sites for hydroxylation is 1. The van der Waals surface area contributed by atoms with E-state index < -0.39 is 11.4 Å². The maximum absolute atomic E-state index is 12.8. The Morgan fingerprint density at radius 3 is 2.50 bits per heavy atom. The van der Waals surface area contributed by atoms with Gasteiger partial charge in [0.25, 0.3) is 0 Å². The Kier molecular flexibility index (Phi) is 5.09. The third kappa shape index (κ3) is 3.55. The summed E-state index contributed by atoms with van der Waals surface area (Å²) in [6.45, 7) is 5.35. The summed E-state index contributed by atoms with van der Waals surface area (Å²) in [5.41, 5.74) is 2.82. The molecule has 0 aromatic heterocycles. The Morgan fingerprint density at radius 2 is 1.82 bits per heavy atom. The molecule has 28 heavy (non-hydrogen) atoms. The molecule has 146 valence electrons. The van der Waals surface area contributed by atoms with E-state index in [-0.39, 0.29) is 18.5 Å². The summed E-state index contributed by atoms with van der Waals surface area (Å²) >= 11 is 0. The van der Waals surface area contributed by atoms with E-state index in [9.17, 15) is 14.4 Å². The van der Waals surface area contributed by atoms with E-state index in [2.05, 4.69) is 15.4 Å². The number of ether oxygens (including phenoxy) is 1. The molecule has 1 aliphatic rings. The molecule has 0 fully saturated rings. The molecular formula is C21H23N3O4. The molecule has 7 heteroatoms.